The summed E-state index contributed by atoms with van der Waals surface area (Å²) in [6.07, 6.45) is 0. The van der Waals surface area contributed by atoms with E-state index >= 15 is 0 Å². The molecule has 2 rings (SSSR count). The van der Waals surface area contributed by atoms with Crippen molar-refractivity contribution in [2.75, 3.05) is 42.2 Å². The van der Waals surface area contributed by atoms with Crippen molar-refractivity contribution in [3.05, 3.63) is 0 Å². The molecule has 66 valence electrons. The SMILES string of the molecule is C1CN(C[I-]N2CC2)CCS1. The molecular weight excluding hydrogens is 271 g/mol. The fraction of sp³-hybridized carbons (Fsp3) is 1.00. The van der Waals surface area contributed by atoms with Crippen LogP contribution in [0.1, 0.15) is 0 Å². The Bertz CT molecular complexity index is 124. The van der Waals surface area contributed by atoms with Gasteiger partial charge >= 0.3 is 83.5 Å². The van der Waals surface area contributed by atoms with Crippen molar-refractivity contribution in [2.45, 2.75) is 0 Å². The zero-order chi connectivity index (χ0) is 7.52. The van der Waals surface area contributed by atoms with Crippen LogP contribution in [0.3, 0.4) is 0 Å². The second-order valence-corrected chi connectivity index (χ2v) is 6.83. The molecule has 0 saturated carbocycles. The predicted molar refractivity (Wildman–Crippen MR) is 45.3 cm³/mol. The van der Waals surface area contributed by atoms with Crippen LogP contribution >= 0.6 is 11.8 Å². The molecule has 0 radical (unpaired) electrons. The number of hydrogen-bond donors (Lipinski definition) is 0. The van der Waals surface area contributed by atoms with Gasteiger partial charge < -0.3 is 0 Å². The number of thioether (sulfide) groups is 1. The molecule has 2 aliphatic heterocycles. The summed E-state index contributed by atoms with van der Waals surface area (Å²) in [6, 6.07) is 0. The number of halogens is 1. The van der Waals surface area contributed by atoms with Gasteiger partial charge in [0.25, 0.3) is 0 Å². The molecule has 0 bridgehead atoms. The minimum absolute atomic E-state index is 0.401. The Morgan fingerprint density at radius 2 is 1.82 bits per heavy atom. The summed E-state index contributed by atoms with van der Waals surface area (Å²) >= 11 is 2.51. The van der Waals surface area contributed by atoms with Crippen molar-refractivity contribution in [2.24, 2.45) is 0 Å². The predicted octanol–water partition coefficient (Wildman–Crippen LogP) is -2.69. The van der Waals surface area contributed by atoms with Gasteiger partial charge in [-0.3, -0.25) is 0 Å². The summed E-state index contributed by atoms with van der Waals surface area (Å²) in [5, 5.41) is 0. The van der Waals surface area contributed by atoms with E-state index in [1.165, 1.54) is 42.2 Å². The summed E-state index contributed by atoms with van der Waals surface area (Å²) in [7, 11) is 0. The third kappa shape index (κ3) is 3.08. The van der Waals surface area contributed by atoms with E-state index in [1.54, 1.807) is 0 Å². The van der Waals surface area contributed by atoms with Crippen LogP contribution in [0.25, 0.3) is 0 Å². The van der Waals surface area contributed by atoms with Gasteiger partial charge in [-0.05, 0) is 0 Å². The number of alkyl halides is 1. The Morgan fingerprint density at radius 3 is 2.45 bits per heavy atom. The quantitative estimate of drug-likeness (QED) is 0.183. The Hall–Kier alpha value is 1.000. The zero-order valence-corrected chi connectivity index (χ0v) is 9.60. The number of nitrogens with zero attached hydrogens (tertiary/aromatic N) is 2. The van der Waals surface area contributed by atoms with Gasteiger partial charge in [-0.1, -0.05) is 0 Å². The molecule has 0 aromatic rings. The fourth-order valence-corrected chi connectivity index (χ4v) is 4.45. The minimum atomic E-state index is 0.401. The fourth-order valence-electron chi connectivity index (χ4n) is 1.03. The normalized spacial score (nSPS) is 27.6. The topological polar surface area (TPSA) is 6.25 Å². The summed E-state index contributed by atoms with van der Waals surface area (Å²) in [4.78, 5) is 2.64. The van der Waals surface area contributed by atoms with Crippen molar-refractivity contribution in [3.8, 4) is 0 Å². The van der Waals surface area contributed by atoms with E-state index in [-0.39, 0.29) is 0 Å². The average molecular weight is 285 g/mol. The van der Waals surface area contributed by atoms with Gasteiger partial charge in [0.2, 0.25) is 0 Å². The van der Waals surface area contributed by atoms with Gasteiger partial charge in [0.15, 0.2) is 0 Å². The van der Waals surface area contributed by atoms with Crippen molar-refractivity contribution < 1.29 is 21.5 Å². The number of hydrogen-bond acceptors (Lipinski definition) is 3. The summed E-state index contributed by atoms with van der Waals surface area (Å²) in [5.41, 5.74) is 0. The first-order chi connectivity index (χ1) is 5.45. The molecule has 0 unspecified atom stereocenters. The maximum absolute atomic E-state index is 2.64. The first-order valence-electron chi connectivity index (χ1n) is 4.09. The monoisotopic (exact) mass is 285 g/mol. The first-order valence-corrected chi connectivity index (χ1v) is 7.74. The van der Waals surface area contributed by atoms with E-state index in [9.17, 15) is 0 Å². The Labute approximate surface area is 83.3 Å². The van der Waals surface area contributed by atoms with Crippen LogP contribution in [-0.4, -0.2) is 50.2 Å². The second-order valence-electron chi connectivity index (χ2n) is 2.88. The molecule has 2 heterocycles. The Kier molecular flexibility index (Phi) is 3.36. The van der Waals surface area contributed by atoms with Crippen LogP contribution in [0.15, 0.2) is 0 Å². The molecule has 4 heteroatoms. The molecule has 2 nitrogen and oxygen atoms in total. The molecule has 2 fully saturated rings. The van der Waals surface area contributed by atoms with Crippen LogP contribution in [0.4, 0.5) is 0 Å². The van der Waals surface area contributed by atoms with Crippen molar-refractivity contribution >= 4 is 11.8 Å². The zero-order valence-electron chi connectivity index (χ0n) is 6.63. The Balaban J connectivity index is 1.59. The van der Waals surface area contributed by atoms with E-state index in [0.717, 1.165) is 0 Å². The molecular formula is C7H14IN2S-. The third-order valence-electron chi connectivity index (χ3n) is 1.89. The molecule has 0 N–H and O–H groups in total. The van der Waals surface area contributed by atoms with Crippen LogP contribution in [-0.2, 0) is 0 Å². The average Bonchev–Trinajstić information content (AvgIpc) is 2.86. The second kappa shape index (κ2) is 4.30. The van der Waals surface area contributed by atoms with Gasteiger partial charge in [0.1, 0.15) is 0 Å². The van der Waals surface area contributed by atoms with Gasteiger partial charge in [0.05, 0.1) is 0 Å². The molecule has 0 aliphatic carbocycles. The van der Waals surface area contributed by atoms with E-state index in [4.69, 9.17) is 0 Å². The molecule has 0 aromatic heterocycles. The molecule has 0 aromatic carbocycles. The van der Waals surface area contributed by atoms with Gasteiger partial charge in [-0.25, -0.2) is 0 Å². The summed E-state index contributed by atoms with van der Waals surface area (Å²) in [6.45, 7) is 5.49. The molecule has 0 atom stereocenters. The number of rotatable bonds is 3. The van der Waals surface area contributed by atoms with Crippen LogP contribution < -0.4 is 21.5 Å². The van der Waals surface area contributed by atoms with Crippen LogP contribution in [0, 0.1) is 0 Å². The molecule has 0 spiro atoms. The van der Waals surface area contributed by atoms with E-state index in [1.807, 2.05) is 0 Å². The van der Waals surface area contributed by atoms with Gasteiger partial charge in [-0.15, -0.1) is 0 Å². The van der Waals surface area contributed by atoms with E-state index in [0.29, 0.717) is 21.5 Å². The first kappa shape index (κ1) is 8.59. The van der Waals surface area contributed by atoms with Crippen molar-refractivity contribution in [1.29, 1.82) is 0 Å². The molecule has 2 aliphatic rings. The molecule has 11 heavy (non-hydrogen) atoms. The maximum atomic E-state index is 2.64. The Morgan fingerprint density at radius 1 is 1.09 bits per heavy atom. The van der Waals surface area contributed by atoms with E-state index < -0.39 is 0 Å². The summed E-state index contributed by atoms with van der Waals surface area (Å²) in [5.74, 6) is 2.73. The summed E-state index contributed by atoms with van der Waals surface area (Å²) < 4.78 is 4.03. The van der Waals surface area contributed by atoms with Gasteiger partial charge in [0, 0.05) is 0 Å². The van der Waals surface area contributed by atoms with Crippen molar-refractivity contribution in [1.82, 2.24) is 8.01 Å². The van der Waals surface area contributed by atoms with Gasteiger partial charge in [-0.2, -0.15) is 0 Å². The van der Waals surface area contributed by atoms with Crippen LogP contribution in [0.2, 0.25) is 0 Å². The van der Waals surface area contributed by atoms with E-state index in [2.05, 4.69) is 19.8 Å². The third-order valence-corrected chi connectivity index (χ3v) is 6.03. The van der Waals surface area contributed by atoms with Crippen molar-refractivity contribution in [3.63, 3.8) is 0 Å². The standard InChI is InChI=1S/C7H14IN2S/c1-2-10(1)8-7-9-3-5-11-6-4-9/h1-7H2/q-1. The van der Waals surface area contributed by atoms with Crippen LogP contribution in [0.5, 0.6) is 0 Å². The molecule has 2 saturated heterocycles. The molecule has 0 amide bonds.